The van der Waals surface area contributed by atoms with E-state index in [9.17, 15) is 0 Å². The first-order valence-electron chi connectivity index (χ1n) is 6.72. The number of hydrogen-bond acceptors (Lipinski definition) is 2. The van der Waals surface area contributed by atoms with Gasteiger partial charge in [0.05, 0.1) is 6.10 Å². The van der Waals surface area contributed by atoms with Crippen LogP contribution in [0, 0.1) is 0 Å². The molecule has 0 aliphatic carbocycles. The number of aliphatic hydroxyl groups is 1. The molecule has 0 spiro atoms. The Bertz CT molecular complexity index is 203. The highest BCUT2D eigenvalue weighted by atomic mass is 16.3. The molecule has 0 saturated carbocycles. The lowest BCUT2D eigenvalue weighted by atomic mass is 10.0. The SMILES string of the molecule is CC.CC(O)C1CCCCN1.c1ccccc1. The van der Waals surface area contributed by atoms with Crippen molar-refractivity contribution in [2.24, 2.45) is 0 Å². The summed E-state index contributed by atoms with van der Waals surface area (Å²) in [6.07, 6.45) is 3.49. The zero-order chi connectivity index (χ0) is 12.9. The molecule has 2 heteroatoms. The van der Waals surface area contributed by atoms with Gasteiger partial charge in [0.2, 0.25) is 0 Å². The summed E-state index contributed by atoms with van der Waals surface area (Å²) in [7, 11) is 0. The number of aliphatic hydroxyl groups excluding tert-OH is 1. The Morgan fingerprint density at radius 3 is 1.71 bits per heavy atom. The van der Waals surface area contributed by atoms with Crippen LogP contribution in [-0.2, 0) is 0 Å². The van der Waals surface area contributed by atoms with Gasteiger partial charge in [-0.15, -0.1) is 0 Å². The van der Waals surface area contributed by atoms with E-state index in [1.165, 1.54) is 12.8 Å². The van der Waals surface area contributed by atoms with Crippen molar-refractivity contribution < 1.29 is 5.11 Å². The van der Waals surface area contributed by atoms with Gasteiger partial charge in [0, 0.05) is 6.04 Å². The van der Waals surface area contributed by atoms with E-state index in [2.05, 4.69) is 5.32 Å². The first-order chi connectivity index (χ1) is 8.30. The van der Waals surface area contributed by atoms with Gasteiger partial charge in [0.1, 0.15) is 0 Å². The summed E-state index contributed by atoms with van der Waals surface area (Å²) in [5.74, 6) is 0. The third kappa shape index (κ3) is 8.90. The molecule has 0 aromatic heterocycles. The first kappa shape index (κ1) is 16.1. The molecule has 1 aromatic carbocycles. The van der Waals surface area contributed by atoms with Crippen LogP contribution in [0.5, 0.6) is 0 Å². The number of rotatable bonds is 1. The Balaban J connectivity index is 0.000000278. The molecule has 1 aliphatic rings. The molecule has 2 N–H and O–H groups in total. The van der Waals surface area contributed by atoms with Crippen LogP contribution in [0.15, 0.2) is 36.4 Å². The van der Waals surface area contributed by atoms with Crippen molar-refractivity contribution in [2.75, 3.05) is 6.54 Å². The van der Waals surface area contributed by atoms with Gasteiger partial charge in [-0.2, -0.15) is 0 Å². The third-order valence-electron chi connectivity index (χ3n) is 2.60. The van der Waals surface area contributed by atoms with E-state index >= 15 is 0 Å². The average molecular weight is 237 g/mol. The summed E-state index contributed by atoms with van der Waals surface area (Å²) in [5.41, 5.74) is 0. The van der Waals surface area contributed by atoms with Crippen LogP contribution in [0.25, 0.3) is 0 Å². The lowest BCUT2D eigenvalue weighted by molar-refractivity contribution is 0.130. The predicted octanol–water partition coefficient (Wildman–Crippen LogP) is 3.22. The third-order valence-corrected chi connectivity index (χ3v) is 2.60. The van der Waals surface area contributed by atoms with Crippen molar-refractivity contribution in [1.82, 2.24) is 5.32 Å². The quantitative estimate of drug-likeness (QED) is 0.786. The van der Waals surface area contributed by atoms with Crippen molar-refractivity contribution in [1.29, 1.82) is 0 Å². The summed E-state index contributed by atoms with van der Waals surface area (Å²) >= 11 is 0. The van der Waals surface area contributed by atoms with Crippen molar-refractivity contribution in [3.05, 3.63) is 36.4 Å². The molecule has 2 unspecified atom stereocenters. The molecule has 1 fully saturated rings. The maximum absolute atomic E-state index is 9.11. The summed E-state index contributed by atoms with van der Waals surface area (Å²) in [6, 6.07) is 12.4. The van der Waals surface area contributed by atoms with Crippen LogP contribution in [0.3, 0.4) is 0 Å². The second-order valence-corrected chi connectivity index (χ2v) is 3.95. The van der Waals surface area contributed by atoms with E-state index < -0.39 is 0 Å². The van der Waals surface area contributed by atoms with Crippen LogP contribution < -0.4 is 5.32 Å². The van der Waals surface area contributed by atoms with Crippen LogP contribution in [0.2, 0.25) is 0 Å². The van der Waals surface area contributed by atoms with Gasteiger partial charge < -0.3 is 10.4 Å². The summed E-state index contributed by atoms with van der Waals surface area (Å²) in [5, 5.41) is 12.4. The van der Waals surface area contributed by atoms with Gasteiger partial charge >= 0.3 is 0 Å². The number of piperidine rings is 1. The highest BCUT2D eigenvalue weighted by Crippen LogP contribution is 2.09. The van der Waals surface area contributed by atoms with Crippen molar-refractivity contribution in [3.8, 4) is 0 Å². The van der Waals surface area contributed by atoms with Crippen molar-refractivity contribution in [2.45, 2.75) is 52.2 Å². The van der Waals surface area contributed by atoms with Crippen LogP contribution >= 0.6 is 0 Å². The molecule has 17 heavy (non-hydrogen) atoms. The second-order valence-electron chi connectivity index (χ2n) is 3.95. The highest BCUT2D eigenvalue weighted by Gasteiger charge is 2.16. The molecule has 1 aliphatic heterocycles. The lowest BCUT2D eigenvalue weighted by Crippen LogP contribution is -2.41. The molecule has 0 amide bonds. The first-order valence-corrected chi connectivity index (χ1v) is 6.72. The molecule has 1 saturated heterocycles. The zero-order valence-corrected chi connectivity index (χ0v) is 11.4. The second kappa shape index (κ2) is 11.6. The Morgan fingerprint density at radius 1 is 1.00 bits per heavy atom. The van der Waals surface area contributed by atoms with E-state index in [0.29, 0.717) is 6.04 Å². The van der Waals surface area contributed by atoms with E-state index in [4.69, 9.17) is 5.11 Å². The zero-order valence-electron chi connectivity index (χ0n) is 11.4. The molecule has 0 radical (unpaired) electrons. The fourth-order valence-electron chi connectivity index (χ4n) is 1.68. The summed E-state index contributed by atoms with van der Waals surface area (Å²) < 4.78 is 0. The minimum Gasteiger partial charge on any atom is -0.392 e. The standard InChI is InChI=1S/C7H15NO.C6H6.C2H6/c1-6(9)7-4-2-3-5-8-7;1-2-4-6-5-3-1;1-2/h6-9H,2-5H2,1H3;1-6H;1-2H3. The number of hydrogen-bond donors (Lipinski definition) is 2. The van der Waals surface area contributed by atoms with E-state index in [0.717, 1.165) is 13.0 Å². The van der Waals surface area contributed by atoms with E-state index in [1.807, 2.05) is 57.2 Å². The van der Waals surface area contributed by atoms with Crippen molar-refractivity contribution >= 4 is 0 Å². The van der Waals surface area contributed by atoms with Crippen LogP contribution in [0.1, 0.15) is 40.0 Å². The highest BCUT2D eigenvalue weighted by molar-refractivity contribution is 4.99. The Labute approximate surface area is 106 Å². The topological polar surface area (TPSA) is 32.3 Å². The molecule has 2 rings (SSSR count). The minimum absolute atomic E-state index is 0.176. The molecule has 1 aromatic rings. The molecule has 2 atom stereocenters. The van der Waals surface area contributed by atoms with Gasteiger partial charge in [-0.3, -0.25) is 0 Å². The van der Waals surface area contributed by atoms with Gasteiger partial charge in [0.15, 0.2) is 0 Å². The predicted molar refractivity (Wildman–Crippen MR) is 75.1 cm³/mol. The molecule has 98 valence electrons. The van der Waals surface area contributed by atoms with E-state index in [1.54, 1.807) is 0 Å². The van der Waals surface area contributed by atoms with Gasteiger partial charge in [-0.05, 0) is 26.3 Å². The lowest BCUT2D eigenvalue weighted by Gasteiger charge is -2.25. The average Bonchev–Trinajstić information content (AvgIpc) is 2.44. The molecule has 0 bridgehead atoms. The van der Waals surface area contributed by atoms with Crippen molar-refractivity contribution in [3.63, 3.8) is 0 Å². The summed E-state index contributed by atoms with van der Waals surface area (Å²) in [6.45, 7) is 6.93. The van der Waals surface area contributed by atoms with Gasteiger partial charge in [-0.25, -0.2) is 0 Å². The minimum atomic E-state index is -0.176. The smallest absolute Gasteiger partial charge is 0.0665 e. The fraction of sp³-hybridized carbons (Fsp3) is 0.600. The molecule has 1 heterocycles. The molecular formula is C15H27NO. The molecular weight excluding hydrogens is 210 g/mol. The van der Waals surface area contributed by atoms with Gasteiger partial charge in [-0.1, -0.05) is 56.7 Å². The number of benzene rings is 1. The Kier molecular flexibility index (Phi) is 11.0. The maximum Gasteiger partial charge on any atom is 0.0665 e. The van der Waals surface area contributed by atoms with Gasteiger partial charge in [0.25, 0.3) is 0 Å². The monoisotopic (exact) mass is 237 g/mol. The van der Waals surface area contributed by atoms with E-state index in [-0.39, 0.29) is 6.10 Å². The Morgan fingerprint density at radius 2 is 1.47 bits per heavy atom. The number of nitrogens with one attached hydrogen (secondary N) is 1. The Hall–Kier alpha value is -0.860. The van der Waals surface area contributed by atoms with Crippen LogP contribution in [0.4, 0.5) is 0 Å². The normalized spacial score (nSPS) is 20.1. The maximum atomic E-state index is 9.11. The molecule has 2 nitrogen and oxygen atoms in total. The largest absolute Gasteiger partial charge is 0.392 e. The fourth-order valence-corrected chi connectivity index (χ4v) is 1.68. The van der Waals surface area contributed by atoms with Crippen LogP contribution in [-0.4, -0.2) is 23.8 Å². The summed E-state index contributed by atoms with van der Waals surface area (Å²) in [4.78, 5) is 0.